The second-order valence-electron chi connectivity index (χ2n) is 5.67. The molecule has 2 heterocycles. The van der Waals surface area contributed by atoms with Crippen LogP contribution < -0.4 is 5.32 Å². The number of hydrogen-bond donors (Lipinski definition) is 2. The lowest BCUT2D eigenvalue weighted by atomic mass is 9.87. The minimum atomic E-state index is 0.114. The molecule has 0 amide bonds. The lowest BCUT2D eigenvalue weighted by Crippen LogP contribution is -2.34. The summed E-state index contributed by atoms with van der Waals surface area (Å²) in [7, 11) is 0. The number of aromatic nitrogens is 2. The number of aliphatic hydroxyl groups is 1. The summed E-state index contributed by atoms with van der Waals surface area (Å²) >= 11 is 0. The first-order chi connectivity index (χ1) is 9.33. The van der Waals surface area contributed by atoms with E-state index in [0.29, 0.717) is 6.61 Å². The van der Waals surface area contributed by atoms with E-state index in [1.165, 1.54) is 18.4 Å². The van der Waals surface area contributed by atoms with Gasteiger partial charge in [-0.3, -0.25) is 0 Å². The smallest absolute Gasteiger partial charge is 0.0706 e. The molecule has 0 aromatic carbocycles. The Morgan fingerprint density at radius 3 is 2.95 bits per heavy atom. The molecule has 1 aliphatic rings. The van der Waals surface area contributed by atoms with Gasteiger partial charge in [0, 0.05) is 36.9 Å². The molecule has 2 N–H and O–H groups in total. The van der Waals surface area contributed by atoms with Crippen LogP contribution in [0.15, 0.2) is 30.6 Å². The van der Waals surface area contributed by atoms with E-state index in [1.54, 1.807) is 0 Å². The molecule has 1 aliphatic carbocycles. The van der Waals surface area contributed by atoms with E-state index in [1.807, 2.05) is 29.0 Å². The topological polar surface area (TPSA) is 49.6 Å². The fraction of sp³-hybridized carbons (Fsp3) is 0.533. The third-order valence-electron chi connectivity index (χ3n) is 4.32. The van der Waals surface area contributed by atoms with Crippen LogP contribution in [0.4, 0.5) is 0 Å². The number of hydrogen-bond acceptors (Lipinski definition) is 3. The summed E-state index contributed by atoms with van der Waals surface area (Å²) in [4.78, 5) is 0. The highest BCUT2D eigenvalue weighted by Gasteiger charge is 2.32. The van der Waals surface area contributed by atoms with Crippen LogP contribution in [-0.2, 0) is 6.54 Å². The van der Waals surface area contributed by atoms with Crippen molar-refractivity contribution in [3.05, 3.63) is 36.2 Å². The van der Waals surface area contributed by atoms with Gasteiger partial charge in [0.1, 0.15) is 0 Å². The summed E-state index contributed by atoms with van der Waals surface area (Å²) in [6.45, 7) is 2.01. The zero-order chi connectivity index (χ0) is 13.1. The van der Waals surface area contributed by atoms with Gasteiger partial charge in [0.05, 0.1) is 11.7 Å². The fourth-order valence-corrected chi connectivity index (χ4v) is 3.10. The van der Waals surface area contributed by atoms with Crippen LogP contribution in [0.25, 0.3) is 5.52 Å². The molecular weight excluding hydrogens is 238 g/mol. The molecule has 1 saturated carbocycles. The van der Waals surface area contributed by atoms with E-state index < -0.39 is 0 Å². The maximum Gasteiger partial charge on any atom is 0.0706 e. The fourth-order valence-electron chi connectivity index (χ4n) is 3.10. The Bertz CT molecular complexity index is 543. The van der Waals surface area contributed by atoms with E-state index in [9.17, 15) is 5.11 Å². The first-order valence-electron chi connectivity index (χ1n) is 7.06. The van der Waals surface area contributed by atoms with Gasteiger partial charge < -0.3 is 10.4 Å². The van der Waals surface area contributed by atoms with Crippen LogP contribution in [0, 0.1) is 5.41 Å². The maximum absolute atomic E-state index is 9.59. The average molecular weight is 259 g/mol. The highest BCUT2D eigenvalue weighted by Crippen LogP contribution is 2.36. The second-order valence-corrected chi connectivity index (χ2v) is 5.67. The van der Waals surface area contributed by atoms with Crippen molar-refractivity contribution in [2.45, 2.75) is 32.2 Å². The Balaban J connectivity index is 1.63. The molecular formula is C15H21N3O. The van der Waals surface area contributed by atoms with Crippen LogP contribution >= 0.6 is 0 Å². The van der Waals surface area contributed by atoms with Gasteiger partial charge in [0.15, 0.2) is 0 Å². The van der Waals surface area contributed by atoms with E-state index in [-0.39, 0.29) is 5.41 Å². The van der Waals surface area contributed by atoms with Gasteiger partial charge in [0.25, 0.3) is 0 Å². The molecule has 0 aliphatic heterocycles. The standard InChI is InChI=1S/C15H21N3O/c19-12-15(6-2-3-7-15)11-16-9-13-10-17-18-8-4-1-5-14(13)18/h1,4-5,8,10,16,19H,2-3,6-7,9,11-12H2. The number of aliphatic hydroxyl groups excluding tert-OH is 1. The van der Waals surface area contributed by atoms with Crippen LogP contribution in [0.5, 0.6) is 0 Å². The zero-order valence-corrected chi connectivity index (χ0v) is 11.2. The highest BCUT2D eigenvalue weighted by molar-refractivity contribution is 5.53. The lowest BCUT2D eigenvalue weighted by Gasteiger charge is -2.26. The molecule has 3 rings (SSSR count). The summed E-state index contributed by atoms with van der Waals surface area (Å²) in [6.07, 6.45) is 8.67. The van der Waals surface area contributed by atoms with Crippen molar-refractivity contribution in [3.63, 3.8) is 0 Å². The minimum Gasteiger partial charge on any atom is -0.396 e. The van der Waals surface area contributed by atoms with E-state index in [2.05, 4.69) is 16.5 Å². The number of nitrogens with zero attached hydrogens (tertiary/aromatic N) is 2. The normalized spacial score (nSPS) is 18.2. The van der Waals surface area contributed by atoms with Gasteiger partial charge in [-0.1, -0.05) is 18.9 Å². The monoisotopic (exact) mass is 259 g/mol. The lowest BCUT2D eigenvalue weighted by molar-refractivity contribution is 0.128. The van der Waals surface area contributed by atoms with Gasteiger partial charge in [-0.2, -0.15) is 5.10 Å². The van der Waals surface area contributed by atoms with Crippen molar-refractivity contribution >= 4 is 5.52 Å². The van der Waals surface area contributed by atoms with Crippen LogP contribution in [0.2, 0.25) is 0 Å². The number of rotatable bonds is 5. The number of nitrogens with one attached hydrogen (secondary N) is 1. The minimum absolute atomic E-state index is 0.114. The summed E-state index contributed by atoms with van der Waals surface area (Å²) in [5, 5.41) is 17.4. The van der Waals surface area contributed by atoms with Gasteiger partial charge >= 0.3 is 0 Å². The number of fused-ring (bicyclic) bond motifs is 1. The molecule has 0 spiro atoms. The Hall–Kier alpha value is -1.39. The predicted molar refractivity (Wildman–Crippen MR) is 74.9 cm³/mol. The maximum atomic E-state index is 9.59. The zero-order valence-electron chi connectivity index (χ0n) is 11.2. The molecule has 0 atom stereocenters. The van der Waals surface area contributed by atoms with Crippen molar-refractivity contribution in [1.29, 1.82) is 0 Å². The molecule has 2 aromatic heterocycles. The van der Waals surface area contributed by atoms with Gasteiger partial charge in [-0.15, -0.1) is 0 Å². The Morgan fingerprint density at radius 2 is 2.16 bits per heavy atom. The Labute approximate surface area is 113 Å². The first kappa shape index (κ1) is 12.6. The number of pyridine rings is 1. The molecule has 0 bridgehead atoms. The van der Waals surface area contributed by atoms with E-state index in [4.69, 9.17) is 0 Å². The predicted octanol–water partition coefficient (Wildman–Crippen LogP) is 1.98. The Morgan fingerprint density at radius 1 is 1.32 bits per heavy atom. The molecule has 0 unspecified atom stereocenters. The van der Waals surface area contributed by atoms with Gasteiger partial charge in [-0.25, -0.2) is 4.52 Å². The first-order valence-corrected chi connectivity index (χ1v) is 7.06. The molecule has 0 saturated heterocycles. The molecule has 102 valence electrons. The molecule has 1 fully saturated rings. The quantitative estimate of drug-likeness (QED) is 0.863. The van der Waals surface area contributed by atoms with Gasteiger partial charge in [-0.05, 0) is 25.0 Å². The summed E-state index contributed by atoms with van der Waals surface area (Å²) in [5.74, 6) is 0. The highest BCUT2D eigenvalue weighted by atomic mass is 16.3. The van der Waals surface area contributed by atoms with Crippen molar-refractivity contribution in [1.82, 2.24) is 14.9 Å². The van der Waals surface area contributed by atoms with Crippen molar-refractivity contribution in [2.75, 3.05) is 13.2 Å². The molecule has 0 radical (unpaired) electrons. The SMILES string of the molecule is OCC1(CNCc2cnn3ccccc23)CCCC1. The summed E-state index contributed by atoms with van der Waals surface area (Å²) in [5.41, 5.74) is 2.48. The average Bonchev–Trinajstić information content (AvgIpc) is 3.07. The summed E-state index contributed by atoms with van der Waals surface area (Å²) < 4.78 is 1.90. The van der Waals surface area contributed by atoms with Gasteiger partial charge in [0.2, 0.25) is 0 Å². The Kier molecular flexibility index (Phi) is 3.53. The summed E-state index contributed by atoms with van der Waals surface area (Å²) in [6, 6.07) is 6.10. The van der Waals surface area contributed by atoms with Crippen LogP contribution in [-0.4, -0.2) is 27.9 Å². The van der Waals surface area contributed by atoms with Crippen LogP contribution in [0.3, 0.4) is 0 Å². The molecule has 4 nitrogen and oxygen atoms in total. The largest absolute Gasteiger partial charge is 0.396 e. The molecule has 19 heavy (non-hydrogen) atoms. The van der Waals surface area contributed by atoms with Crippen LogP contribution in [0.1, 0.15) is 31.2 Å². The third kappa shape index (κ3) is 2.51. The second kappa shape index (κ2) is 5.31. The van der Waals surface area contributed by atoms with Crippen molar-refractivity contribution in [3.8, 4) is 0 Å². The molecule has 4 heteroatoms. The van der Waals surface area contributed by atoms with Crippen molar-refractivity contribution in [2.24, 2.45) is 5.41 Å². The third-order valence-corrected chi connectivity index (χ3v) is 4.32. The van der Waals surface area contributed by atoms with Crippen molar-refractivity contribution < 1.29 is 5.11 Å². The van der Waals surface area contributed by atoms with E-state index in [0.717, 1.165) is 31.4 Å². The molecule has 2 aromatic rings. The van der Waals surface area contributed by atoms with E-state index >= 15 is 0 Å².